The molecule has 0 aliphatic heterocycles. The van der Waals surface area contributed by atoms with Gasteiger partial charge >= 0.3 is 0 Å². The van der Waals surface area contributed by atoms with Crippen LogP contribution >= 0.6 is 0 Å². The first-order valence-corrected chi connectivity index (χ1v) is 8.08. The molecule has 1 saturated carbocycles. The molecule has 1 aromatic rings. The van der Waals surface area contributed by atoms with Gasteiger partial charge in [0.15, 0.2) is 17.3 Å². The molecule has 0 aromatic heterocycles. The number of hydrogen-bond acceptors (Lipinski definition) is 4. The molecule has 1 fully saturated rings. The monoisotopic (exact) mass is 316 g/mol. The van der Waals surface area contributed by atoms with Gasteiger partial charge in [-0.2, -0.15) is 0 Å². The minimum Gasteiger partial charge on any atom is -0.493 e. The van der Waals surface area contributed by atoms with E-state index in [9.17, 15) is 9.59 Å². The lowest BCUT2D eigenvalue weighted by Gasteiger charge is -2.52. The summed E-state index contributed by atoms with van der Waals surface area (Å²) in [5.74, 6) is 1.58. The first-order chi connectivity index (χ1) is 10.8. The number of methoxy groups -OCH3 is 2. The molecule has 0 spiro atoms. The minimum absolute atomic E-state index is 0.0225. The summed E-state index contributed by atoms with van der Waals surface area (Å²) in [6.07, 6.45) is 1.75. The van der Waals surface area contributed by atoms with Crippen molar-refractivity contribution in [3.8, 4) is 11.5 Å². The van der Waals surface area contributed by atoms with Gasteiger partial charge in [-0.05, 0) is 35.4 Å². The van der Waals surface area contributed by atoms with E-state index in [1.807, 2.05) is 19.9 Å². The second-order valence-electron chi connectivity index (χ2n) is 7.49. The molecule has 124 valence electrons. The fraction of sp³-hybridized carbons (Fsp3) is 0.579. The van der Waals surface area contributed by atoms with Crippen molar-refractivity contribution < 1.29 is 19.1 Å². The summed E-state index contributed by atoms with van der Waals surface area (Å²) in [5.41, 5.74) is 1.04. The first-order valence-electron chi connectivity index (χ1n) is 8.08. The van der Waals surface area contributed by atoms with Crippen molar-refractivity contribution in [2.45, 2.75) is 45.4 Å². The maximum absolute atomic E-state index is 12.7. The van der Waals surface area contributed by atoms with Crippen molar-refractivity contribution in [3.05, 3.63) is 23.3 Å². The normalized spacial score (nSPS) is 28.8. The molecular formula is C19H24O4. The second-order valence-corrected chi connectivity index (χ2v) is 7.49. The fourth-order valence-corrected chi connectivity index (χ4v) is 4.54. The molecule has 0 heterocycles. The Morgan fingerprint density at radius 1 is 1.04 bits per heavy atom. The molecule has 0 amide bonds. The number of benzene rings is 1. The smallest absolute Gasteiger partial charge is 0.163 e. The number of carbonyl (C=O) groups is 2. The van der Waals surface area contributed by atoms with E-state index in [1.54, 1.807) is 20.3 Å². The van der Waals surface area contributed by atoms with Crippen LogP contribution in [0.2, 0.25) is 0 Å². The molecule has 0 bridgehead atoms. The van der Waals surface area contributed by atoms with Crippen molar-refractivity contribution in [3.63, 3.8) is 0 Å². The highest BCUT2D eigenvalue weighted by molar-refractivity contribution is 6.01. The summed E-state index contributed by atoms with van der Waals surface area (Å²) >= 11 is 0. The van der Waals surface area contributed by atoms with Crippen LogP contribution in [0.15, 0.2) is 12.1 Å². The van der Waals surface area contributed by atoms with Gasteiger partial charge in [-0.25, -0.2) is 0 Å². The van der Waals surface area contributed by atoms with E-state index in [-0.39, 0.29) is 22.9 Å². The summed E-state index contributed by atoms with van der Waals surface area (Å²) in [5, 5.41) is 0. The Kier molecular flexibility index (Phi) is 3.54. The van der Waals surface area contributed by atoms with E-state index < -0.39 is 5.41 Å². The van der Waals surface area contributed by atoms with E-state index in [0.29, 0.717) is 29.9 Å². The molecule has 1 aromatic carbocycles. The molecule has 23 heavy (non-hydrogen) atoms. The summed E-state index contributed by atoms with van der Waals surface area (Å²) in [6, 6.07) is 3.73. The third-order valence-corrected chi connectivity index (χ3v) is 6.06. The van der Waals surface area contributed by atoms with Crippen molar-refractivity contribution in [1.29, 1.82) is 0 Å². The molecule has 0 N–H and O–H groups in total. The predicted octanol–water partition coefficient (Wildman–Crippen LogP) is 3.55. The van der Waals surface area contributed by atoms with Gasteiger partial charge in [0, 0.05) is 23.8 Å². The third-order valence-electron chi connectivity index (χ3n) is 6.06. The summed E-state index contributed by atoms with van der Waals surface area (Å²) < 4.78 is 10.8. The molecule has 0 saturated heterocycles. The van der Waals surface area contributed by atoms with Crippen molar-refractivity contribution in [1.82, 2.24) is 0 Å². The topological polar surface area (TPSA) is 52.6 Å². The Morgan fingerprint density at radius 3 is 2.26 bits per heavy atom. The van der Waals surface area contributed by atoms with Gasteiger partial charge in [0.25, 0.3) is 0 Å². The van der Waals surface area contributed by atoms with Crippen LogP contribution in [0.25, 0.3) is 0 Å². The van der Waals surface area contributed by atoms with Gasteiger partial charge < -0.3 is 9.47 Å². The molecule has 2 unspecified atom stereocenters. The van der Waals surface area contributed by atoms with Crippen LogP contribution in [0.3, 0.4) is 0 Å². The van der Waals surface area contributed by atoms with Crippen molar-refractivity contribution in [2.24, 2.45) is 11.3 Å². The lowest BCUT2D eigenvalue weighted by atomic mass is 9.50. The predicted molar refractivity (Wildman–Crippen MR) is 87.4 cm³/mol. The van der Waals surface area contributed by atoms with Crippen LogP contribution in [0.1, 0.15) is 56.0 Å². The minimum atomic E-state index is -0.479. The highest BCUT2D eigenvalue weighted by Crippen LogP contribution is 2.56. The summed E-state index contributed by atoms with van der Waals surface area (Å²) in [4.78, 5) is 25.1. The van der Waals surface area contributed by atoms with E-state index in [0.717, 1.165) is 12.0 Å². The molecule has 2 aliphatic rings. The number of fused-ring (bicyclic) bond motifs is 3. The number of ether oxygens (including phenoxy) is 2. The van der Waals surface area contributed by atoms with E-state index in [4.69, 9.17) is 9.47 Å². The van der Waals surface area contributed by atoms with Crippen LogP contribution in [-0.4, -0.2) is 25.8 Å². The van der Waals surface area contributed by atoms with Gasteiger partial charge in [0.2, 0.25) is 0 Å². The second kappa shape index (κ2) is 5.08. The Hall–Kier alpha value is -1.84. The maximum atomic E-state index is 12.7. The van der Waals surface area contributed by atoms with Crippen LogP contribution in [0, 0.1) is 11.3 Å². The highest BCUT2D eigenvalue weighted by atomic mass is 16.5. The Bertz CT molecular complexity index is 689. The number of hydrogen-bond donors (Lipinski definition) is 0. The number of Topliss-reactive ketones (excluding diaryl/α,β-unsaturated/α-hetero) is 2. The van der Waals surface area contributed by atoms with Gasteiger partial charge in [0.1, 0.15) is 5.78 Å². The van der Waals surface area contributed by atoms with Crippen LogP contribution in [-0.2, 0) is 10.2 Å². The largest absolute Gasteiger partial charge is 0.493 e. The third kappa shape index (κ3) is 2.11. The first kappa shape index (κ1) is 16.0. The van der Waals surface area contributed by atoms with E-state index in [2.05, 4.69) is 6.92 Å². The van der Waals surface area contributed by atoms with Gasteiger partial charge in [-0.15, -0.1) is 0 Å². The highest BCUT2D eigenvalue weighted by Gasteiger charge is 2.55. The average Bonchev–Trinajstić information content (AvgIpc) is 2.53. The fourth-order valence-electron chi connectivity index (χ4n) is 4.54. The SMILES string of the molecule is COc1cc2c(cc1OC)C1(C)CCC(=O)C(C)(C)C1CC2=O. The summed E-state index contributed by atoms with van der Waals surface area (Å²) in [7, 11) is 3.17. The van der Waals surface area contributed by atoms with Crippen LogP contribution in [0.5, 0.6) is 11.5 Å². The lowest BCUT2D eigenvalue weighted by molar-refractivity contribution is -0.136. The zero-order valence-corrected chi connectivity index (χ0v) is 14.5. The number of ketones is 2. The molecule has 4 nitrogen and oxygen atoms in total. The molecule has 3 rings (SSSR count). The zero-order chi connectivity index (χ0) is 17.0. The van der Waals surface area contributed by atoms with E-state index >= 15 is 0 Å². The Labute approximate surface area is 137 Å². The number of rotatable bonds is 2. The van der Waals surface area contributed by atoms with E-state index in [1.165, 1.54) is 0 Å². The Balaban J connectivity index is 2.22. The molecular weight excluding hydrogens is 292 g/mol. The molecule has 2 atom stereocenters. The zero-order valence-electron chi connectivity index (χ0n) is 14.5. The summed E-state index contributed by atoms with van der Waals surface area (Å²) in [6.45, 7) is 6.15. The quantitative estimate of drug-likeness (QED) is 0.837. The maximum Gasteiger partial charge on any atom is 0.163 e. The standard InChI is InChI=1S/C19H24O4/c1-18(2)16-10-13(20)11-8-14(22-4)15(23-5)9-12(11)19(16,3)7-6-17(18)21/h8-9,16H,6-7,10H2,1-5H3. The van der Waals surface area contributed by atoms with Crippen LogP contribution in [0.4, 0.5) is 0 Å². The number of carbonyl (C=O) groups excluding carboxylic acids is 2. The van der Waals surface area contributed by atoms with Gasteiger partial charge in [-0.3, -0.25) is 9.59 Å². The lowest BCUT2D eigenvalue weighted by Crippen LogP contribution is -2.53. The average molecular weight is 316 g/mol. The van der Waals surface area contributed by atoms with Gasteiger partial charge in [0.05, 0.1) is 14.2 Å². The van der Waals surface area contributed by atoms with Crippen molar-refractivity contribution >= 4 is 11.6 Å². The Morgan fingerprint density at radius 2 is 1.65 bits per heavy atom. The van der Waals surface area contributed by atoms with Gasteiger partial charge in [-0.1, -0.05) is 20.8 Å². The van der Waals surface area contributed by atoms with Crippen LogP contribution < -0.4 is 9.47 Å². The molecule has 2 aliphatic carbocycles. The molecule has 4 heteroatoms. The van der Waals surface area contributed by atoms with Crippen molar-refractivity contribution in [2.75, 3.05) is 14.2 Å². The molecule has 0 radical (unpaired) electrons.